The van der Waals surface area contributed by atoms with E-state index in [2.05, 4.69) is 17.5 Å². The van der Waals surface area contributed by atoms with E-state index in [1.165, 1.54) is 12.1 Å². The minimum Gasteiger partial charge on any atom is -0.493 e. The fraction of sp³-hybridized carbons (Fsp3) is 0.316. The summed E-state index contributed by atoms with van der Waals surface area (Å²) < 4.78 is 24.0. The van der Waals surface area contributed by atoms with E-state index in [0.29, 0.717) is 12.4 Å². The van der Waals surface area contributed by atoms with Crippen molar-refractivity contribution in [3.8, 4) is 11.5 Å². The number of methoxy groups -OCH3 is 1. The zero-order chi connectivity index (χ0) is 17.2. The van der Waals surface area contributed by atoms with Gasteiger partial charge < -0.3 is 9.47 Å². The summed E-state index contributed by atoms with van der Waals surface area (Å²) in [4.78, 5) is 0. The van der Waals surface area contributed by atoms with Crippen LogP contribution in [0.5, 0.6) is 11.5 Å². The van der Waals surface area contributed by atoms with E-state index in [-0.39, 0.29) is 5.82 Å². The van der Waals surface area contributed by atoms with Crippen LogP contribution >= 0.6 is 0 Å². The molecule has 0 aliphatic heterocycles. The van der Waals surface area contributed by atoms with E-state index in [9.17, 15) is 4.39 Å². The van der Waals surface area contributed by atoms with Crippen molar-refractivity contribution in [1.29, 1.82) is 0 Å². The average Bonchev–Trinajstić information content (AvgIpc) is 2.61. The number of hydrogen-bond donors (Lipinski definition) is 1. The van der Waals surface area contributed by atoms with Gasteiger partial charge in [-0.25, -0.2) is 4.39 Å². The van der Waals surface area contributed by atoms with E-state index in [0.717, 1.165) is 36.3 Å². The standard InChI is InChI=1S/C19H23FN2O2/c1-3-4-5-12-24-18-11-6-15(13-19(18)23-2)14-21-22-17-9-7-16(20)8-10-17/h6-11,13-14,22H,3-5,12H2,1-2H3/b21-14+. The smallest absolute Gasteiger partial charge is 0.161 e. The van der Waals surface area contributed by atoms with Crippen LogP contribution in [-0.2, 0) is 0 Å². The Morgan fingerprint density at radius 2 is 1.88 bits per heavy atom. The van der Waals surface area contributed by atoms with Crippen LogP contribution < -0.4 is 14.9 Å². The number of hydrazone groups is 1. The van der Waals surface area contributed by atoms with Crippen molar-refractivity contribution < 1.29 is 13.9 Å². The highest BCUT2D eigenvalue weighted by Crippen LogP contribution is 2.27. The minimum absolute atomic E-state index is 0.274. The number of ether oxygens (including phenoxy) is 2. The third kappa shape index (κ3) is 5.57. The monoisotopic (exact) mass is 330 g/mol. The molecule has 5 heteroatoms. The molecule has 0 atom stereocenters. The van der Waals surface area contributed by atoms with Gasteiger partial charge >= 0.3 is 0 Å². The number of hydrogen-bond acceptors (Lipinski definition) is 4. The largest absolute Gasteiger partial charge is 0.493 e. The lowest BCUT2D eigenvalue weighted by Gasteiger charge is -2.11. The summed E-state index contributed by atoms with van der Waals surface area (Å²) >= 11 is 0. The third-order valence-corrected chi connectivity index (χ3v) is 3.44. The van der Waals surface area contributed by atoms with Gasteiger partial charge in [0.15, 0.2) is 11.5 Å². The molecule has 0 heterocycles. The van der Waals surface area contributed by atoms with Crippen molar-refractivity contribution in [2.75, 3.05) is 19.1 Å². The molecule has 0 radical (unpaired) electrons. The lowest BCUT2D eigenvalue weighted by molar-refractivity contribution is 0.286. The number of rotatable bonds is 9. The van der Waals surface area contributed by atoms with Crippen LogP contribution in [-0.4, -0.2) is 19.9 Å². The molecule has 0 aliphatic carbocycles. The van der Waals surface area contributed by atoms with Gasteiger partial charge in [-0.1, -0.05) is 19.8 Å². The second-order valence-electron chi connectivity index (χ2n) is 5.34. The van der Waals surface area contributed by atoms with E-state index in [1.807, 2.05) is 18.2 Å². The second kappa shape index (κ2) is 9.55. The van der Waals surface area contributed by atoms with Gasteiger partial charge in [0.05, 0.1) is 25.6 Å². The van der Waals surface area contributed by atoms with Crippen molar-refractivity contribution in [3.63, 3.8) is 0 Å². The minimum atomic E-state index is -0.274. The second-order valence-corrected chi connectivity index (χ2v) is 5.34. The summed E-state index contributed by atoms with van der Waals surface area (Å²) in [5, 5.41) is 4.14. The first-order valence-electron chi connectivity index (χ1n) is 8.08. The molecule has 2 rings (SSSR count). The molecule has 2 aromatic rings. The van der Waals surface area contributed by atoms with Crippen molar-refractivity contribution in [2.24, 2.45) is 5.10 Å². The van der Waals surface area contributed by atoms with E-state index >= 15 is 0 Å². The fourth-order valence-electron chi connectivity index (χ4n) is 2.12. The Kier molecular flexibility index (Phi) is 7.08. The highest BCUT2D eigenvalue weighted by molar-refractivity contribution is 5.81. The Morgan fingerprint density at radius 3 is 2.58 bits per heavy atom. The summed E-state index contributed by atoms with van der Waals surface area (Å²) in [7, 11) is 1.62. The zero-order valence-corrected chi connectivity index (χ0v) is 14.1. The number of nitrogens with one attached hydrogen (secondary N) is 1. The van der Waals surface area contributed by atoms with Crippen LogP contribution in [0, 0.1) is 5.82 Å². The summed E-state index contributed by atoms with van der Waals surface area (Å²) in [5.41, 5.74) is 4.45. The number of unbranched alkanes of at least 4 members (excludes halogenated alkanes) is 2. The Hall–Kier alpha value is -2.56. The molecule has 0 amide bonds. The van der Waals surface area contributed by atoms with Crippen molar-refractivity contribution in [2.45, 2.75) is 26.2 Å². The molecule has 0 fully saturated rings. The quantitative estimate of drug-likeness (QED) is 0.406. The first-order chi connectivity index (χ1) is 11.7. The molecule has 128 valence electrons. The van der Waals surface area contributed by atoms with Crippen LogP contribution in [0.25, 0.3) is 0 Å². The molecule has 0 unspecified atom stereocenters. The van der Waals surface area contributed by atoms with Crippen molar-refractivity contribution >= 4 is 11.9 Å². The molecular formula is C19H23FN2O2. The third-order valence-electron chi connectivity index (χ3n) is 3.44. The zero-order valence-electron chi connectivity index (χ0n) is 14.1. The van der Waals surface area contributed by atoms with Crippen LogP contribution in [0.2, 0.25) is 0 Å². The molecule has 0 aromatic heterocycles. The first-order valence-corrected chi connectivity index (χ1v) is 8.08. The summed E-state index contributed by atoms with van der Waals surface area (Å²) in [6, 6.07) is 11.7. The Morgan fingerprint density at radius 1 is 1.08 bits per heavy atom. The number of nitrogens with zero attached hydrogens (tertiary/aromatic N) is 1. The maximum Gasteiger partial charge on any atom is 0.161 e. The molecule has 0 spiro atoms. The molecule has 0 bridgehead atoms. The normalized spacial score (nSPS) is 10.8. The molecular weight excluding hydrogens is 307 g/mol. The predicted octanol–water partition coefficient (Wildman–Crippen LogP) is 4.85. The first kappa shape index (κ1) is 17.8. The van der Waals surface area contributed by atoms with E-state index in [4.69, 9.17) is 9.47 Å². The fourth-order valence-corrected chi connectivity index (χ4v) is 2.12. The van der Waals surface area contributed by atoms with Gasteiger partial charge in [0, 0.05) is 0 Å². The number of benzene rings is 2. The molecule has 2 aromatic carbocycles. The molecule has 24 heavy (non-hydrogen) atoms. The van der Waals surface area contributed by atoms with Gasteiger partial charge in [-0.3, -0.25) is 5.43 Å². The topological polar surface area (TPSA) is 42.8 Å². The lowest BCUT2D eigenvalue weighted by Crippen LogP contribution is -2.00. The van der Waals surface area contributed by atoms with Crippen molar-refractivity contribution in [3.05, 3.63) is 53.8 Å². The molecule has 0 aliphatic rings. The predicted molar refractivity (Wildman–Crippen MR) is 95.6 cm³/mol. The van der Waals surface area contributed by atoms with E-state index < -0.39 is 0 Å². The van der Waals surface area contributed by atoms with Crippen LogP contribution in [0.3, 0.4) is 0 Å². The van der Waals surface area contributed by atoms with Crippen LogP contribution in [0.15, 0.2) is 47.6 Å². The SMILES string of the molecule is CCCCCOc1ccc(/C=N/Nc2ccc(F)cc2)cc1OC. The Labute approximate surface area is 142 Å². The summed E-state index contributed by atoms with van der Waals surface area (Å²) in [5.74, 6) is 1.14. The highest BCUT2D eigenvalue weighted by atomic mass is 19.1. The van der Waals surface area contributed by atoms with Gasteiger partial charge in [-0.2, -0.15) is 5.10 Å². The van der Waals surface area contributed by atoms with E-state index in [1.54, 1.807) is 25.5 Å². The van der Waals surface area contributed by atoms with Crippen molar-refractivity contribution in [1.82, 2.24) is 0 Å². The van der Waals surface area contributed by atoms with Gasteiger partial charge in [0.25, 0.3) is 0 Å². The summed E-state index contributed by atoms with van der Waals surface area (Å²) in [6.45, 7) is 2.85. The van der Waals surface area contributed by atoms with Crippen LogP contribution in [0.1, 0.15) is 31.7 Å². The Bertz CT molecular complexity index is 657. The maximum atomic E-state index is 12.8. The van der Waals surface area contributed by atoms with Gasteiger partial charge in [-0.05, 0) is 54.4 Å². The molecule has 0 saturated carbocycles. The maximum absolute atomic E-state index is 12.8. The van der Waals surface area contributed by atoms with Gasteiger partial charge in [-0.15, -0.1) is 0 Å². The Balaban J connectivity index is 1.95. The number of anilines is 1. The lowest BCUT2D eigenvalue weighted by atomic mass is 10.2. The van der Waals surface area contributed by atoms with Gasteiger partial charge in [0.2, 0.25) is 0 Å². The molecule has 0 saturated heterocycles. The highest BCUT2D eigenvalue weighted by Gasteiger charge is 2.05. The number of halogens is 1. The van der Waals surface area contributed by atoms with Crippen LogP contribution in [0.4, 0.5) is 10.1 Å². The average molecular weight is 330 g/mol. The molecule has 4 nitrogen and oxygen atoms in total. The molecule has 1 N–H and O–H groups in total. The van der Waals surface area contributed by atoms with Gasteiger partial charge in [0.1, 0.15) is 5.82 Å². The summed E-state index contributed by atoms with van der Waals surface area (Å²) in [6.07, 6.45) is 5.02.